The largest absolute Gasteiger partial charge is 0.328 e. The number of carbonyl (C=O) groups excluding carboxylic acids is 1. The first-order chi connectivity index (χ1) is 8.13. The number of rotatable bonds is 3. The van der Waals surface area contributed by atoms with E-state index in [0.29, 0.717) is 11.5 Å². The van der Waals surface area contributed by atoms with E-state index in [1.807, 2.05) is 31.4 Å². The quantitative estimate of drug-likeness (QED) is 0.758. The third-order valence-corrected chi connectivity index (χ3v) is 2.69. The highest BCUT2D eigenvalue weighted by Gasteiger charge is 2.17. The summed E-state index contributed by atoms with van der Waals surface area (Å²) < 4.78 is 1.82. The predicted octanol–water partition coefficient (Wildman–Crippen LogP) is 2.15. The molecule has 0 atom stereocenters. The molecule has 0 saturated carbocycles. The first-order valence-corrected chi connectivity index (χ1v) is 5.62. The minimum atomic E-state index is -0.116. The van der Waals surface area contributed by atoms with Crippen molar-refractivity contribution in [1.29, 1.82) is 0 Å². The second kappa shape index (κ2) is 4.49. The van der Waals surface area contributed by atoms with Crippen LogP contribution in [0.4, 0.5) is 0 Å². The predicted molar refractivity (Wildman–Crippen MR) is 65.0 cm³/mol. The summed E-state index contributed by atoms with van der Waals surface area (Å²) in [5, 5.41) is 0. The monoisotopic (exact) mass is 229 g/mol. The molecule has 0 bridgehead atoms. The molecule has 88 valence electrons. The third-order valence-electron chi connectivity index (χ3n) is 2.69. The Labute approximate surface area is 100 Å². The molecule has 0 N–H and O–H groups in total. The van der Waals surface area contributed by atoms with E-state index in [1.54, 1.807) is 18.6 Å². The Morgan fingerprint density at radius 1 is 1.35 bits per heavy atom. The van der Waals surface area contributed by atoms with Crippen LogP contribution in [0, 0.1) is 13.8 Å². The number of nitrogens with zero attached hydrogens (tertiary/aromatic N) is 3. The summed E-state index contributed by atoms with van der Waals surface area (Å²) in [6.07, 6.45) is 5.15. The zero-order valence-corrected chi connectivity index (χ0v) is 10.3. The second-order valence-corrected chi connectivity index (χ2v) is 4.04. The van der Waals surface area contributed by atoms with E-state index >= 15 is 0 Å². The van der Waals surface area contributed by atoms with Crippen LogP contribution in [0.5, 0.6) is 0 Å². The van der Waals surface area contributed by atoms with Gasteiger partial charge in [0, 0.05) is 25.1 Å². The molecule has 0 aromatic carbocycles. The fourth-order valence-corrected chi connectivity index (χ4v) is 1.83. The highest BCUT2D eigenvalue weighted by Crippen LogP contribution is 2.12. The van der Waals surface area contributed by atoms with Crippen molar-refractivity contribution < 1.29 is 4.79 Å². The SMILES string of the molecule is CCn1ccnc1C(=O)c1ncc(C)cc1C. The van der Waals surface area contributed by atoms with Crippen molar-refractivity contribution in [2.45, 2.75) is 27.3 Å². The topological polar surface area (TPSA) is 47.8 Å². The van der Waals surface area contributed by atoms with Crippen LogP contribution in [0.1, 0.15) is 34.4 Å². The molecule has 0 spiro atoms. The van der Waals surface area contributed by atoms with Crippen molar-refractivity contribution in [3.63, 3.8) is 0 Å². The molecule has 2 rings (SSSR count). The minimum Gasteiger partial charge on any atom is -0.328 e. The van der Waals surface area contributed by atoms with Crippen LogP contribution in [0.15, 0.2) is 24.7 Å². The Hall–Kier alpha value is -1.97. The van der Waals surface area contributed by atoms with Gasteiger partial charge in [0.15, 0.2) is 5.82 Å². The van der Waals surface area contributed by atoms with Crippen LogP contribution in [0.3, 0.4) is 0 Å². The molecule has 2 aromatic rings. The number of aryl methyl sites for hydroxylation is 3. The van der Waals surface area contributed by atoms with Crippen molar-refractivity contribution in [3.05, 3.63) is 47.3 Å². The normalized spacial score (nSPS) is 10.5. The van der Waals surface area contributed by atoms with Gasteiger partial charge < -0.3 is 4.57 Å². The van der Waals surface area contributed by atoms with Gasteiger partial charge in [0.05, 0.1) is 0 Å². The number of pyridine rings is 1. The van der Waals surface area contributed by atoms with Gasteiger partial charge in [-0.25, -0.2) is 4.98 Å². The highest BCUT2D eigenvalue weighted by molar-refractivity contribution is 6.06. The molecule has 0 aliphatic heterocycles. The zero-order chi connectivity index (χ0) is 12.4. The molecule has 17 heavy (non-hydrogen) atoms. The van der Waals surface area contributed by atoms with Gasteiger partial charge in [-0.05, 0) is 31.9 Å². The minimum absolute atomic E-state index is 0.116. The molecule has 4 heteroatoms. The van der Waals surface area contributed by atoms with Crippen molar-refractivity contribution in [2.24, 2.45) is 0 Å². The van der Waals surface area contributed by atoms with Crippen molar-refractivity contribution >= 4 is 5.78 Å². The van der Waals surface area contributed by atoms with Gasteiger partial charge in [-0.3, -0.25) is 9.78 Å². The Balaban J connectivity index is 2.44. The molecule has 0 saturated heterocycles. The van der Waals surface area contributed by atoms with Crippen molar-refractivity contribution in [2.75, 3.05) is 0 Å². The number of aromatic nitrogens is 3. The van der Waals surface area contributed by atoms with E-state index < -0.39 is 0 Å². The lowest BCUT2D eigenvalue weighted by atomic mass is 10.1. The molecular formula is C13H15N3O. The van der Waals surface area contributed by atoms with Crippen LogP contribution in [0.25, 0.3) is 0 Å². The summed E-state index contributed by atoms with van der Waals surface area (Å²) in [7, 11) is 0. The van der Waals surface area contributed by atoms with Gasteiger partial charge in [0.25, 0.3) is 0 Å². The first kappa shape index (κ1) is 11.5. The summed E-state index contributed by atoms with van der Waals surface area (Å²) >= 11 is 0. The van der Waals surface area contributed by atoms with Gasteiger partial charge in [0.2, 0.25) is 5.78 Å². The van der Waals surface area contributed by atoms with E-state index in [1.165, 1.54) is 0 Å². The van der Waals surface area contributed by atoms with E-state index in [2.05, 4.69) is 9.97 Å². The first-order valence-electron chi connectivity index (χ1n) is 5.62. The second-order valence-electron chi connectivity index (χ2n) is 4.04. The fraction of sp³-hybridized carbons (Fsp3) is 0.308. The van der Waals surface area contributed by atoms with Crippen LogP contribution in [0.2, 0.25) is 0 Å². The van der Waals surface area contributed by atoms with Gasteiger partial charge in [0.1, 0.15) is 5.69 Å². The Kier molecular flexibility index (Phi) is 3.04. The number of hydrogen-bond donors (Lipinski definition) is 0. The summed E-state index contributed by atoms with van der Waals surface area (Å²) in [6, 6.07) is 1.96. The molecule has 0 aliphatic carbocycles. The van der Waals surface area contributed by atoms with Gasteiger partial charge in [-0.2, -0.15) is 0 Å². The standard InChI is InChI=1S/C13H15N3O/c1-4-16-6-5-14-13(16)12(17)11-10(3)7-9(2)8-15-11/h5-8H,4H2,1-3H3. The Bertz CT molecular complexity index is 558. The van der Waals surface area contributed by atoms with Gasteiger partial charge in [-0.15, -0.1) is 0 Å². The van der Waals surface area contributed by atoms with Crippen LogP contribution in [-0.4, -0.2) is 20.3 Å². The average molecular weight is 229 g/mol. The molecule has 0 unspecified atom stereocenters. The molecule has 0 radical (unpaired) electrons. The summed E-state index contributed by atoms with van der Waals surface area (Å²) in [5.41, 5.74) is 2.43. The van der Waals surface area contributed by atoms with Gasteiger partial charge in [-0.1, -0.05) is 6.07 Å². The lowest BCUT2D eigenvalue weighted by Crippen LogP contribution is -2.13. The fourth-order valence-electron chi connectivity index (χ4n) is 1.83. The molecule has 0 fully saturated rings. The lowest BCUT2D eigenvalue weighted by Gasteiger charge is -2.06. The van der Waals surface area contributed by atoms with Crippen molar-refractivity contribution in [3.8, 4) is 0 Å². The van der Waals surface area contributed by atoms with E-state index in [0.717, 1.165) is 17.7 Å². The van der Waals surface area contributed by atoms with E-state index in [-0.39, 0.29) is 5.78 Å². The summed E-state index contributed by atoms with van der Waals surface area (Å²) in [5.74, 6) is 0.335. The Morgan fingerprint density at radius 3 is 2.76 bits per heavy atom. The number of imidazole rings is 1. The maximum absolute atomic E-state index is 12.3. The van der Waals surface area contributed by atoms with Crippen LogP contribution < -0.4 is 0 Å². The summed E-state index contributed by atoms with van der Waals surface area (Å²) in [4.78, 5) is 20.6. The number of hydrogen-bond acceptors (Lipinski definition) is 3. The smallest absolute Gasteiger partial charge is 0.246 e. The van der Waals surface area contributed by atoms with Gasteiger partial charge >= 0.3 is 0 Å². The Morgan fingerprint density at radius 2 is 2.12 bits per heavy atom. The van der Waals surface area contributed by atoms with Crippen molar-refractivity contribution in [1.82, 2.24) is 14.5 Å². The number of carbonyl (C=O) groups is 1. The van der Waals surface area contributed by atoms with Crippen LogP contribution >= 0.6 is 0 Å². The maximum atomic E-state index is 12.3. The lowest BCUT2D eigenvalue weighted by molar-refractivity contribution is 0.102. The average Bonchev–Trinajstić information content (AvgIpc) is 2.76. The summed E-state index contributed by atoms with van der Waals surface area (Å²) in [6.45, 7) is 6.56. The maximum Gasteiger partial charge on any atom is 0.246 e. The molecule has 0 aliphatic rings. The molecular weight excluding hydrogens is 214 g/mol. The zero-order valence-electron chi connectivity index (χ0n) is 10.3. The molecule has 0 amide bonds. The molecule has 2 heterocycles. The third kappa shape index (κ3) is 2.11. The number of ketones is 1. The highest BCUT2D eigenvalue weighted by atomic mass is 16.1. The van der Waals surface area contributed by atoms with E-state index in [4.69, 9.17) is 0 Å². The molecule has 4 nitrogen and oxygen atoms in total. The van der Waals surface area contributed by atoms with E-state index in [9.17, 15) is 4.79 Å². The molecule has 2 aromatic heterocycles. The van der Waals surface area contributed by atoms with Crippen LogP contribution in [-0.2, 0) is 6.54 Å².